The monoisotopic (exact) mass is 408 g/mol. The molecular formula is C19H19F3N4O3. The second-order valence-corrected chi connectivity index (χ2v) is 6.67. The Morgan fingerprint density at radius 2 is 1.93 bits per heavy atom. The number of halogens is 3. The van der Waals surface area contributed by atoms with Gasteiger partial charge in [0.15, 0.2) is 5.69 Å². The van der Waals surface area contributed by atoms with Crippen LogP contribution in [0.25, 0.3) is 6.08 Å². The third kappa shape index (κ3) is 5.01. The van der Waals surface area contributed by atoms with Crippen molar-refractivity contribution < 1.29 is 22.9 Å². The van der Waals surface area contributed by atoms with Gasteiger partial charge in [0.05, 0.1) is 11.5 Å². The number of non-ortho nitro benzene ring substituents is 1. The molecule has 1 aliphatic carbocycles. The van der Waals surface area contributed by atoms with Crippen LogP contribution >= 0.6 is 0 Å². The fourth-order valence-corrected chi connectivity index (χ4v) is 3.31. The zero-order valence-electron chi connectivity index (χ0n) is 15.4. The summed E-state index contributed by atoms with van der Waals surface area (Å²) in [5.41, 5.74) is 0.609. The highest BCUT2D eigenvalue weighted by atomic mass is 19.4. The summed E-state index contributed by atoms with van der Waals surface area (Å²) >= 11 is 0. The quantitative estimate of drug-likeness (QED) is 0.450. The first-order valence-electron chi connectivity index (χ1n) is 9.12. The van der Waals surface area contributed by atoms with Crippen LogP contribution in [0.2, 0.25) is 0 Å². The first kappa shape index (κ1) is 20.6. The lowest BCUT2D eigenvalue weighted by molar-refractivity contribution is -0.384. The number of aromatic nitrogens is 2. The molecular weight excluding hydrogens is 389 g/mol. The van der Waals surface area contributed by atoms with Crippen molar-refractivity contribution in [1.29, 1.82) is 0 Å². The molecule has 29 heavy (non-hydrogen) atoms. The van der Waals surface area contributed by atoms with Crippen molar-refractivity contribution in [3.63, 3.8) is 0 Å². The number of nitro groups is 1. The molecule has 0 atom stereocenters. The number of amides is 1. The van der Waals surface area contributed by atoms with Crippen LogP contribution in [0.15, 0.2) is 30.3 Å². The SMILES string of the molecule is O=C(/C=C/c1ccc([N+](=O)[O-])cc1)NCCn1nc(C(F)(F)F)c2c1CCCC2. The Kier molecular flexibility index (Phi) is 6.00. The number of benzene rings is 1. The van der Waals surface area contributed by atoms with Crippen LogP contribution in [0.4, 0.5) is 18.9 Å². The number of nitrogens with one attached hydrogen (secondary N) is 1. The summed E-state index contributed by atoms with van der Waals surface area (Å²) in [4.78, 5) is 22.0. The molecule has 154 valence electrons. The van der Waals surface area contributed by atoms with Gasteiger partial charge in [0, 0.05) is 36.0 Å². The number of carbonyl (C=O) groups excluding carboxylic acids is 1. The number of carbonyl (C=O) groups is 1. The predicted octanol–water partition coefficient (Wildman–Crippen LogP) is 3.52. The first-order chi connectivity index (χ1) is 13.8. The summed E-state index contributed by atoms with van der Waals surface area (Å²) in [6.07, 6.45) is 0.730. The molecule has 0 radical (unpaired) electrons. The van der Waals surface area contributed by atoms with Crippen LogP contribution in [0.3, 0.4) is 0 Å². The number of nitrogens with zero attached hydrogens (tertiary/aromatic N) is 3. The second-order valence-electron chi connectivity index (χ2n) is 6.67. The molecule has 0 spiro atoms. The molecule has 0 saturated carbocycles. The maximum atomic E-state index is 13.2. The number of hydrogen-bond acceptors (Lipinski definition) is 4. The minimum absolute atomic E-state index is 0.0487. The molecule has 2 aromatic rings. The molecule has 0 fully saturated rings. The highest BCUT2D eigenvalue weighted by Crippen LogP contribution is 2.35. The lowest BCUT2D eigenvalue weighted by atomic mass is 9.95. The molecule has 10 heteroatoms. The van der Waals surface area contributed by atoms with Crippen molar-refractivity contribution >= 4 is 17.7 Å². The van der Waals surface area contributed by atoms with Crippen molar-refractivity contribution in [1.82, 2.24) is 15.1 Å². The summed E-state index contributed by atoms with van der Waals surface area (Å²) in [6, 6.07) is 5.68. The van der Waals surface area contributed by atoms with E-state index in [2.05, 4.69) is 10.4 Å². The number of fused-ring (bicyclic) bond motifs is 1. The van der Waals surface area contributed by atoms with E-state index in [0.29, 0.717) is 30.5 Å². The van der Waals surface area contributed by atoms with Gasteiger partial charge < -0.3 is 5.32 Å². The second kappa shape index (κ2) is 8.46. The first-order valence-corrected chi connectivity index (χ1v) is 9.12. The average Bonchev–Trinajstić information content (AvgIpc) is 3.06. The minimum Gasteiger partial charge on any atom is -0.351 e. The van der Waals surface area contributed by atoms with E-state index in [1.165, 1.54) is 41.1 Å². The topological polar surface area (TPSA) is 90.1 Å². The Labute approximate surface area is 164 Å². The summed E-state index contributed by atoms with van der Waals surface area (Å²) in [5.74, 6) is -0.416. The number of hydrogen-bond donors (Lipinski definition) is 1. The van der Waals surface area contributed by atoms with Gasteiger partial charge >= 0.3 is 6.18 Å². The van der Waals surface area contributed by atoms with Crippen LogP contribution < -0.4 is 5.32 Å². The van der Waals surface area contributed by atoms with E-state index < -0.39 is 22.7 Å². The maximum absolute atomic E-state index is 13.2. The third-order valence-corrected chi connectivity index (χ3v) is 4.68. The summed E-state index contributed by atoms with van der Waals surface area (Å²) in [7, 11) is 0. The van der Waals surface area contributed by atoms with Gasteiger partial charge in [-0.2, -0.15) is 18.3 Å². The van der Waals surface area contributed by atoms with Crippen LogP contribution in [0.5, 0.6) is 0 Å². The fourth-order valence-electron chi connectivity index (χ4n) is 3.31. The Balaban J connectivity index is 1.58. The van der Waals surface area contributed by atoms with E-state index in [4.69, 9.17) is 0 Å². The van der Waals surface area contributed by atoms with E-state index in [9.17, 15) is 28.1 Å². The largest absolute Gasteiger partial charge is 0.435 e. The maximum Gasteiger partial charge on any atom is 0.435 e. The van der Waals surface area contributed by atoms with Gasteiger partial charge in [0.2, 0.25) is 5.91 Å². The number of rotatable bonds is 6. The highest BCUT2D eigenvalue weighted by molar-refractivity contribution is 5.91. The molecule has 3 rings (SSSR count). The average molecular weight is 408 g/mol. The highest BCUT2D eigenvalue weighted by Gasteiger charge is 2.39. The molecule has 1 aromatic heterocycles. The Morgan fingerprint density at radius 3 is 2.59 bits per heavy atom. The molecule has 1 heterocycles. The van der Waals surface area contributed by atoms with Gasteiger partial charge in [-0.3, -0.25) is 19.6 Å². The number of alkyl halides is 3. The van der Waals surface area contributed by atoms with E-state index >= 15 is 0 Å². The Morgan fingerprint density at radius 1 is 1.24 bits per heavy atom. The Hall–Kier alpha value is -3.17. The van der Waals surface area contributed by atoms with Crippen molar-refractivity contribution in [2.45, 2.75) is 38.4 Å². The van der Waals surface area contributed by atoms with Gasteiger partial charge in [-0.05, 0) is 49.5 Å². The van der Waals surface area contributed by atoms with Gasteiger partial charge in [-0.15, -0.1) is 0 Å². The van der Waals surface area contributed by atoms with Gasteiger partial charge in [0.25, 0.3) is 5.69 Å². The standard InChI is InChI=1S/C19H19F3N4O3/c20-19(21,22)18-15-3-1-2-4-16(15)25(24-18)12-11-23-17(27)10-7-13-5-8-14(9-6-13)26(28)29/h5-10H,1-4,11-12H2,(H,23,27)/b10-7+. The molecule has 1 aromatic carbocycles. The summed E-state index contributed by atoms with van der Waals surface area (Å²) in [6.45, 7) is 0.282. The van der Waals surface area contributed by atoms with Crippen LogP contribution in [0, 0.1) is 10.1 Å². The molecule has 7 nitrogen and oxygen atoms in total. The summed E-state index contributed by atoms with van der Waals surface area (Å²) in [5, 5.41) is 17.0. The number of nitro benzene ring substituents is 1. The molecule has 1 N–H and O–H groups in total. The van der Waals surface area contributed by atoms with Crippen molar-refractivity contribution in [3.8, 4) is 0 Å². The van der Waals surface area contributed by atoms with Gasteiger partial charge in [-0.25, -0.2) is 0 Å². The van der Waals surface area contributed by atoms with E-state index in [1.54, 1.807) is 0 Å². The van der Waals surface area contributed by atoms with Crippen molar-refractivity contribution in [3.05, 3.63) is 63.0 Å². The molecule has 0 bridgehead atoms. The summed E-state index contributed by atoms with van der Waals surface area (Å²) < 4.78 is 40.9. The normalized spacial score (nSPS) is 14.0. The molecule has 0 aliphatic heterocycles. The smallest absolute Gasteiger partial charge is 0.351 e. The predicted molar refractivity (Wildman–Crippen MR) is 99.0 cm³/mol. The molecule has 0 unspecified atom stereocenters. The molecule has 1 aliphatic rings. The van der Waals surface area contributed by atoms with Crippen LogP contribution in [-0.2, 0) is 30.4 Å². The van der Waals surface area contributed by atoms with E-state index in [0.717, 1.165) is 6.42 Å². The fraction of sp³-hybridized carbons (Fsp3) is 0.368. The van der Waals surface area contributed by atoms with Crippen LogP contribution in [0.1, 0.15) is 35.4 Å². The third-order valence-electron chi connectivity index (χ3n) is 4.68. The molecule has 1 amide bonds. The van der Waals surface area contributed by atoms with E-state index in [1.807, 2.05) is 0 Å². The van der Waals surface area contributed by atoms with Gasteiger partial charge in [-0.1, -0.05) is 0 Å². The zero-order chi connectivity index (χ0) is 21.0. The lowest BCUT2D eigenvalue weighted by Crippen LogP contribution is -2.26. The molecule has 0 saturated heterocycles. The van der Waals surface area contributed by atoms with Crippen molar-refractivity contribution in [2.75, 3.05) is 6.54 Å². The van der Waals surface area contributed by atoms with Crippen molar-refractivity contribution in [2.24, 2.45) is 0 Å². The zero-order valence-corrected chi connectivity index (χ0v) is 15.4. The Bertz CT molecular complexity index is 933. The van der Waals surface area contributed by atoms with Crippen LogP contribution in [-0.4, -0.2) is 27.2 Å². The lowest BCUT2D eigenvalue weighted by Gasteiger charge is -2.14. The van der Waals surface area contributed by atoms with Gasteiger partial charge in [0.1, 0.15) is 0 Å². The minimum atomic E-state index is -4.48. The van der Waals surface area contributed by atoms with E-state index in [-0.39, 0.29) is 24.3 Å².